The molecule has 2 aliphatic heterocycles. The number of benzene rings is 2. The van der Waals surface area contributed by atoms with Crippen LogP contribution in [0, 0.1) is 5.92 Å². The zero-order valence-corrected chi connectivity index (χ0v) is 14.2. The Morgan fingerprint density at radius 3 is 2.08 bits per heavy atom. The second-order valence-electron chi connectivity index (χ2n) is 6.85. The summed E-state index contributed by atoms with van der Waals surface area (Å²) in [6, 6.07) is 17.5. The first kappa shape index (κ1) is 15.6. The minimum absolute atomic E-state index is 0.0984. The summed E-state index contributed by atoms with van der Waals surface area (Å²) in [6.45, 7) is 0. The number of carbonyl (C=O) groups excluding carboxylic acids is 1. The van der Waals surface area contributed by atoms with Gasteiger partial charge in [0, 0.05) is 11.5 Å². The van der Waals surface area contributed by atoms with Crippen LogP contribution < -0.4 is 0 Å². The van der Waals surface area contributed by atoms with Crippen LogP contribution in [0.4, 0.5) is 0 Å². The summed E-state index contributed by atoms with van der Waals surface area (Å²) in [5.41, 5.74) is 2.67. The fourth-order valence-corrected chi connectivity index (χ4v) is 6.68. The van der Waals surface area contributed by atoms with E-state index in [-0.39, 0.29) is 22.2 Å². The Kier molecular flexibility index (Phi) is 3.80. The summed E-state index contributed by atoms with van der Waals surface area (Å²) in [5, 5.41) is -0.622. The van der Waals surface area contributed by atoms with Gasteiger partial charge in [-0.05, 0) is 36.8 Å². The van der Waals surface area contributed by atoms with Crippen molar-refractivity contribution in [3.63, 3.8) is 0 Å². The van der Waals surface area contributed by atoms with Crippen LogP contribution in [0.2, 0.25) is 0 Å². The van der Waals surface area contributed by atoms with E-state index in [2.05, 4.69) is 0 Å². The first-order valence-corrected chi connectivity index (χ1v) is 10.1. The lowest BCUT2D eigenvalue weighted by atomic mass is 9.87. The molecule has 24 heavy (non-hydrogen) atoms. The van der Waals surface area contributed by atoms with Gasteiger partial charge in [0.1, 0.15) is 0 Å². The first-order valence-electron chi connectivity index (χ1n) is 8.49. The maximum absolute atomic E-state index is 13.1. The summed E-state index contributed by atoms with van der Waals surface area (Å²) in [7, 11) is -2.99. The lowest BCUT2D eigenvalue weighted by Crippen LogP contribution is -2.36. The molecule has 0 spiro atoms. The van der Waals surface area contributed by atoms with E-state index in [0.29, 0.717) is 18.4 Å². The van der Waals surface area contributed by atoms with E-state index in [4.69, 9.17) is 0 Å². The molecule has 2 fully saturated rings. The van der Waals surface area contributed by atoms with Crippen LogP contribution in [0.15, 0.2) is 54.6 Å². The van der Waals surface area contributed by atoms with Gasteiger partial charge < -0.3 is 0 Å². The first-order chi connectivity index (χ1) is 11.6. The molecule has 2 unspecified atom stereocenters. The lowest BCUT2D eigenvalue weighted by molar-refractivity contribution is 0.0906. The highest BCUT2D eigenvalue weighted by Crippen LogP contribution is 2.42. The van der Waals surface area contributed by atoms with Crippen LogP contribution in [0.5, 0.6) is 0 Å². The van der Waals surface area contributed by atoms with Gasteiger partial charge in [0.2, 0.25) is 0 Å². The van der Waals surface area contributed by atoms with Gasteiger partial charge in [-0.1, -0.05) is 54.6 Å². The number of hydrogen-bond acceptors (Lipinski definition) is 3. The molecule has 0 aliphatic carbocycles. The van der Waals surface area contributed by atoms with E-state index < -0.39 is 9.84 Å². The lowest BCUT2D eigenvalue weighted by Gasteiger charge is -2.27. The van der Waals surface area contributed by atoms with E-state index in [0.717, 1.165) is 24.0 Å². The molecule has 3 nitrogen and oxygen atoms in total. The summed E-state index contributed by atoms with van der Waals surface area (Å²) in [4.78, 5) is 13.1. The maximum Gasteiger partial charge on any atom is 0.166 e. The van der Waals surface area contributed by atoms with E-state index in [1.165, 1.54) is 0 Å². The monoisotopic (exact) mass is 340 g/mol. The molecule has 2 aliphatic rings. The predicted molar refractivity (Wildman–Crippen MR) is 94.7 cm³/mol. The molecular formula is C20H20O3S. The molecule has 2 atom stereocenters. The number of rotatable bonds is 3. The van der Waals surface area contributed by atoms with Crippen molar-refractivity contribution in [2.45, 2.75) is 36.2 Å². The van der Waals surface area contributed by atoms with Crippen molar-refractivity contribution in [2.24, 2.45) is 5.92 Å². The summed E-state index contributed by atoms with van der Waals surface area (Å²) in [6.07, 6.45) is 2.41. The fraction of sp³-hybridized carbons (Fsp3) is 0.350. The Morgan fingerprint density at radius 1 is 0.833 bits per heavy atom. The number of ketones is 1. The van der Waals surface area contributed by atoms with Crippen molar-refractivity contribution in [2.75, 3.05) is 0 Å². The average molecular weight is 340 g/mol. The molecule has 0 N–H and O–H groups in total. The Bertz CT molecular complexity index is 851. The van der Waals surface area contributed by atoms with Gasteiger partial charge in [0.15, 0.2) is 15.6 Å². The van der Waals surface area contributed by atoms with Crippen LogP contribution in [-0.4, -0.2) is 24.7 Å². The smallest absolute Gasteiger partial charge is 0.166 e. The maximum atomic E-state index is 13.1. The average Bonchev–Trinajstić information content (AvgIpc) is 2.80. The van der Waals surface area contributed by atoms with Gasteiger partial charge in [0.25, 0.3) is 0 Å². The summed E-state index contributed by atoms with van der Waals surface area (Å²) >= 11 is 0. The summed E-state index contributed by atoms with van der Waals surface area (Å²) < 4.78 is 24.5. The minimum atomic E-state index is -2.99. The second-order valence-corrected chi connectivity index (χ2v) is 9.37. The van der Waals surface area contributed by atoms with Gasteiger partial charge >= 0.3 is 0 Å². The Balaban J connectivity index is 1.67. The molecule has 4 rings (SSSR count). The highest BCUT2D eigenvalue weighted by Gasteiger charge is 2.48. The molecule has 0 saturated carbocycles. The van der Waals surface area contributed by atoms with E-state index in [1.54, 1.807) is 0 Å². The molecule has 0 aromatic heterocycles. The molecule has 124 valence electrons. The topological polar surface area (TPSA) is 51.2 Å². The standard InChI is InChI=1S/C20H20O3S/c21-20(15-12-16-10-11-17(13-15)24(16,22)23)19-9-5-4-8-18(19)14-6-2-1-3-7-14/h1-9,15-17H,10-13H2. The van der Waals surface area contributed by atoms with E-state index >= 15 is 0 Å². The zero-order valence-electron chi connectivity index (χ0n) is 13.4. The molecule has 2 aromatic carbocycles. The normalized spacial score (nSPS) is 27.8. The van der Waals surface area contributed by atoms with Gasteiger partial charge in [-0.15, -0.1) is 0 Å². The van der Waals surface area contributed by atoms with Crippen LogP contribution in [0.25, 0.3) is 11.1 Å². The van der Waals surface area contributed by atoms with E-state index in [9.17, 15) is 13.2 Å². The quantitative estimate of drug-likeness (QED) is 0.797. The third-order valence-electron chi connectivity index (χ3n) is 5.48. The van der Waals surface area contributed by atoms with Gasteiger partial charge in [0.05, 0.1) is 10.5 Å². The number of hydrogen-bond donors (Lipinski definition) is 0. The SMILES string of the molecule is O=C(c1ccccc1-c1ccccc1)C1CC2CCC(C1)S2(=O)=O. The Labute approximate surface area is 142 Å². The molecular weight excluding hydrogens is 320 g/mol. The number of fused-ring (bicyclic) bond motifs is 2. The number of sulfone groups is 1. The molecule has 0 radical (unpaired) electrons. The third kappa shape index (κ3) is 2.49. The second kappa shape index (κ2) is 5.85. The molecule has 2 aromatic rings. The predicted octanol–water partition coefficient (Wildman–Crippen LogP) is 3.89. The zero-order chi connectivity index (χ0) is 16.7. The van der Waals surface area contributed by atoms with Crippen LogP contribution in [-0.2, 0) is 9.84 Å². The van der Waals surface area contributed by atoms with Crippen molar-refractivity contribution in [1.82, 2.24) is 0 Å². The van der Waals surface area contributed by atoms with Crippen molar-refractivity contribution < 1.29 is 13.2 Å². The minimum Gasteiger partial charge on any atom is -0.294 e. The van der Waals surface area contributed by atoms with Crippen molar-refractivity contribution >= 4 is 15.6 Å². The van der Waals surface area contributed by atoms with E-state index in [1.807, 2.05) is 54.6 Å². The molecule has 2 bridgehead atoms. The molecule has 0 amide bonds. The van der Waals surface area contributed by atoms with Crippen LogP contribution in [0.3, 0.4) is 0 Å². The third-order valence-corrected chi connectivity index (χ3v) is 8.20. The van der Waals surface area contributed by atoms with Crippen molar-refractivity contribution in [3.05, 3.63) is 60.2 Å². The van der Waals surface area contributed by atoms with Crippen LogP contribution in [0.1, 0.15) is 36.0 Å². The van der Waals surface area contributed by atoms with Crippen molar-refractivity contribution in [1.29, 1.82) is 0 Å². The highest BCUT2D eigenvalue weighted by molar-refractivity contribution is 7.93. The molecule has 4 heteroatoms. The molecule has 2 heterocycles. The molecule has 2 saturated heterocycles. The van der Waals surface area contributed by atoms with Crippen molar-refractivity contribution in [3.8, 4) is 11.1 Å². The van der Waals surface area contributed by atoms with Gasteiger partial charge in [-0.25, -0.2) is 8.42 Å². The van der Waals surface area contributed by atoms with Gasteiger partial charge in [-0.2, -0.15) is 0 Å². The Hall–Kier alpha value is -1.94. The highest BCUT2D eigenvalue weighted by atomic mass is 32.2. The largest absolute Gasteiger partial charge is 0.294 e. The van der Waals surface area contributed by atoms with Crippen LogP contribution >= 0.6 is 0 Å². The fourth-order valence-electron chi connectivity index (χ4n) is 4.21. The summed E-state index contributed by atoms with van der Waals surface area (Å²) in [5.74, 6) is -0.0721. The number of carbonyl (C=O) groups is 1. The van der Waals surface area contributed by atoms with Gasteiger partial charge in [-0.3, -0.25) is 4.79 Å². The Morgan fingerprint density at radius 2 is 1.42 bits per heavy atom. The number of Topliss-reactive ketones (excluding diaryl/α,β-unsaturated/α-hetero) is 1.